The predicted octanol–water partition coefficient (Wildman–Crippen LogP) is 5.00. The summed E-state index contributed by atoms with van der Waals surface area (Å²) in [6.45, 7) is 4.00. The first-order valence-electron chi connectivity index (χ1n) is 10.1. The molecule has 0 aliphatic carbocycles. The van der Waals surface area contributed by atoms with Crippen molar-refractivity contribution in [2.75, 3.05) is 21.8 Å². The Balaban J connectivity index is 1.43. The highest BCUT2D eigenvalue weighted by Gasteiger charge is 2.21. The quantitative estimate of drug-likeness (QED) is 0.282. The summed E-state index contributed by atoms with van der Waals surface area (Å²) in [7, 11) is 0. The second kappa shape index (κ2) is 9.88. The minimum absolute atomic E-state index is 0.00783. The fourth-order valence-electron chi connectivity index (χ4n) is 3.27. The van der Waals surface area contributed by atoms with E-state index in [-0.39, 0.29) is 17.7 Å². The van der Waals surface area contributed by atoms with Crippen LogP contribution in [0, 0.1) is 0 Å². The van der Waals surface area contributed by atoms with Gasteiger partial charge in [-0.25, -0.2) is 4.68 Å². The van der Waals surface area contributed by atoms with Crippen LogP contribution in [-0.4, -0.2) is 32.6 Å². The van der Waals surface area contributed by atoms with Gasteiger partial charge in [0.1, 0.15) is 0 Å². The molecule has 3 N–H and O–H groups in total. The Morgan fingerprint density at radius 2 is 1.78 bits per heavy atom. The van der Waals surface area contributed by atoms with E-state index in [9.17, 15) is 4.79 Å². The molecule has 0 bridgehead atoms. The van der Waals surface area contributed by atoms with Crippen molar-refractivity contribution < 1.29 is 4.79 Å². The average Bonchev–Trinajstić information content (AvgIpc) is 3.44. The third-order valence-electron chi connectivity index (χ3n) is 4.72. The Bertz CT molecular complexity index is 1160. The van der Waals surface area contributed by atoms with Crippen molar-refractivity contribution in [2.45, 2.75) is 25.0 Å². The van der Waals surface area contributed by atoms with Gasteiger partial charge in [-0.1, -0.05) is 36.0 Å². The van der Waals surface area contributed by atoms with E-state index in [1.165, 1.54) is 16.4 Å². The van der Waals surface area contributed by atoms with Crippen molar-refractivity contribution in [3.8, 4) is 10.7 Å². The molecule has 2 aromatic carbocycles. The summed E-state index contributed by atoms with van der Waals surface area (Å²) in [5.41, 5.74) is 2.82. The number of thiophene rings is 1. The molecule has 9 heteroatoms. The number of nitrogens with zero attached hydrogens (tertiary/aromatic N) is 4. The van der Waals surface area contributed by atoms with Crippen LogP contribution in [0.1, 0.15) is 13.8 Å². The molecular weight excluding hydrogens is 440 g/mol. The van der Waals surface area contributed by atoms with Crippen LogP contribution in [0.25, 0.3) is 10.7 Å². The van der Waals surface area contributed by atoms with Gasteiger partial charge in [0, 0.05) is 23.1 Å². The molecule has 1 amide bonds. The number of carbonyl (C=O) groups excluding carboxylic acids is 1. The summed E-state index contributed by atoms with van der Waals surface area (Å²) < 4.78 is 1.44. The van der Waals surface area contributed by atoms with Gasteiger partial charge >= 0.3 is 0 Å². The molecule has 0 fully saturated rings. The molecule has 4 aromatic rings. The normalized spacial score (nSPS) is 11.0. The maximum Gasteiger partial charge on any atom is 0.237 e. The molecule has 0 unspecified atom stereocenters. The molecule has 7 nitrogen and oxygen atoms in total. The van der Waals surface area contributed by atoms with Crippen molar-refractivity contribution in [3.63, 3.8) is 0 Å². The Labute approximate surface area is 195 Å². The molecule has 2 aromatic heterocycles. The van der Waals surface area contributed by atoms with Gasteiger partial charge in [0.15, 0.2) is 5.82 Å². The van der Waals surface area contributed by atoms with Gasteiger partial charge in [0.25, 0.3) is 0 Å². The summed E-state index contributed by atoms with van der Waals surface area (Å²) in [5.74, 6) is 6.94. The second-order valence-electron chi connectivity index (χ2n) is 7.34. The SMILES string of the molecule is CC(C)N(C(=O)CSc1nnc(-c2cccs2)n1N)c1ccc(Nc2ccccc2)cc1. The molecule has 0 saturated carbocycles. The van der Waals surface area contributed by atoms with Crippen molar-refractivity contribution >= 4 is 46.1 Å². The lowest BCUT2D eigenvalue weighted by Gasteiger charge is -2.27. The number of hydrogen-bond acceptors (Lipinski definition) is 7. The van der Waals surface area contributed by atoms with E-state index < -0.39 is 0 Å². The zero-order valence-electron chi connectivity index (χ0n) is 17.8. The Morgan fingerprint density at radius 1 is 1.06 bits per heavy atom. The lowest BCUT2D eigenvalue weighted by molar-refractivity contribution is -0.116. The van der Waals surface area contributed by atoms with E-state index in [0.717, 1.165) is 21.9 Å². The molecule has 0 aliphatic heterocycles. The van der Waals surface area contributed by atoms with Gasteiger partial charge in [-0.2, -0.15) is 0 Å². The standard InChI is InChI=1S/C23H24N6OS2/c1-16(2)28(19-12-10-18(11-13-19)25-17-7-4-3-5-8-17)21(30)15-32-23-27-26-22(29(23)24)20-9-6-14-31-20/h3-14,16,25H,15,24H2,1-2H3. The maximum atomic E-state index is 13.1. The first-order valence-corrected chi connectivity index (χ1v) is 12.0. The first kappa shape index (κ1) is 21.9. The number of carbonyl (C=O) groups is 1. The number of thioether (sulfide) groups is 1. The highest BCUT2D eigenvalue weighted by Crippen LogP contribution is 2.27. The zero-order chi connectivity index (χ0) is 22.5. The van der Waals surface area contributed by atoms with Gasteiger partial charge in [0.2, 0.25) is 11.1 Å². The van der Waals surface area contributed by atoms with Crippen LogP contribution < -0.4 is 16.1 Å². The van der Waals surface area contributed by atoms with Gasteiger partial charge in [-0.05, 0) is 61.7 Å². The second-order valence-corrected chi connectivity index (χ2v) is 9.23. The van der Waals surface area contributed by atoms with E-state index in [1.807, 2.05) is 86.0 Å². The molecular formula is C23H24N6OS2. The summed E-state index contributed by atoms with van der Waals surface area (Å²) in [6, 6.07) is 21.7. The first-order chi connectivity index (χ1) is 15.5. The molecule has 0 saturated heterocycles. The van der Waals surface area contributed by atoms with E-state index in [4.69, 9.17) is 5.84 Å². The largest absolute Gasteiger partial charge is 0.356 e. The molecule has 0 atom stereocenters. The van der Waals surface area contributed by atoms with Crippen molar-refractivity contribution in [2.24, 2.45) is 0 Å². The molecule has 0 aliphatic rings. The summed E-state index contributed by atoms with van der Waals surface area (Å²) in [6.07, 6.45) is 0. The smallest absolute Gasteiger partial charge is 0.237 e. The number of nitrogens with one attached hydrogen (secondary N) is 1. The van der Waals surface area contributed by atoms with E-state index >= 15 is 0 Å². The number of aromatic nitrogens is 3. The van der Waals surface area contributed by atoms with Crippen LogP contribution in [0.15, 0.2) is 77.3 Å². The summed E-state index contributed by atoms with van der Waals surface area (Å²) >= 11 is 2.83. The van der Waals surface area contributed by atoms with Crippen LogP contribution in [0.4, 0.5) is 17.1 Å². The Hall–Kier alpha value is -3.30. The predicted molar refractivity (Wildman–Crippen MR) is 133 cm³/mol. The van der Waals surface area contributed by atoms with Crippen LogP contribution >= 0.6 is 23.1 Å². The number of nitrogen functional groups attached to an aromatic ring is 1. The number of benzene rings is 2. The lowest BCUT2D eigenvalue weighted by Crippen LogP contribution is -2.38. The molecule has 32 heavy (non-hydrogen) atoms. The van der Waals surface area contributed by atoms with Crippen LogP contribution in [0.3, 0.4) is 0 Å². The third-order valence-corrected chi connectivity index (χ3v) is 6.52. The molecule has 0 spiro atoms. The number of nitrogens with two attached hydrogens (primary N) is 1. The van der Waals surface area contributed by atoms with Gasteiger partial charge in [-0.15, -0.1) is 21.5 Å². The number of rotatable bonds is 8. The van der Waals surface area contributed by atoms with Gasteiger partial charge in [0.05, 0.1) is 10.6 Å². The number of amides is 1. The molecule has 164 valence electrons. The third kappa shape index (κ3) is 4.95. The van der Waals surface area contributed by atoms with Crippen LogP contribution in [0.2, 0.25) is 0 Å². The summed E-state index contributed by atoms with van der Waals surface area (Å²) in [5, 5.41) is 14.1. The van der Waals surface area contributed by atoms with Crippen LogP contribution in [0.5, 0.6) is 0 Å². The van der Waals surface area contributed by atoms with Crippen LogP contribution in [-0.2, 0) is 4.79 Å². The zero-order valence-corrected chi connectivity index (χ0v) is 19.4. The number of para-hydroxylation sites is 1. The number of hydrogen-bond donors (Lipinski definition) is 2. The van der Waals surface area contributed by atoms with E-state index in [1.54, 1.807) is 16.2 Å². The Morgan fingerprint density at radius 3 is 2.44 bits per heavy atom. The molecule has 4 rings (SSSR count). The van der Waals surface area contributed by atoms with Crippen molar-refractivity contribution in [1.82, 2.24) is 14.9 Å². The highest BCUT2D eigenvalue weighted by atomic mass is 32.2. The average molecular weight is 465 g/mol. The maximum absolute atomic E-state index is 13.1. The van der Waals surface area contributed by atoms with Gasteiger partial charge in [-0.3, -0.25) is 4.79 Å². The van der Waals surface area contributed by atoms with Crippen molar-refractivity contribution in [3.05, 3.63) is 72.1 Å². The fourth-order valence-corrected chi connectivity index (χ4v) is 4.69. The highest BCUT2D eigenvalue weighted by molar-refractivity contribution is 7.99. The monoisotopic (exact) mass is 464 g/mol. The molecule has 2 heterocycles. The van der Waals surface area contributed by atoms with Gasteiger partial charge < -0.3 is 16.1 Å². The molecule has 0 radical (unpaired) electrons. The van der Waals surface area contributed by atoms with E-state index in [0.29, 0.717) is 11.0 Å². The summed E-state index contributed by atoms with van der Waals surface area (Å²) in [4.78, 5) is 15.8. The van der Waals surface area contributed by atoms with E-state index in [2.05, 4.69) is 15.5 Å². The number of anilines is 3. The van der Waals surface area contributed by atoms with Crippen molar-refractivity contribution in [1.29, 1.82) is 0 Å². The topological polar surface area (TPSA) is 89.1 Å². The minimum Gasteiger partial charge on any atom is -0.356 e. The fraction of sp³-hybridized carbons (Fsp3) is 0.174. The minimum atomic E-state index is -0.0190. The Kier molecular flexibility index (Phi) is 6.77. The lowest BCUT2D eigenvalue weighted by atomic mass is 10.2.